The Bertz CT molecular complexity index is 608. The van der Waals surface area contributed by atoms with Crippen molar-refractivity contribution in [2.24, 2.45) is 0 Å². The van der Waals surface area contributed by atoms with E-state index in [1.807, 2.05) is 38.1 Å². The molecule has 0 aromatic heterocycles. The lowest BCUT2D eigenvalue weighted by Crippen LogP contribution is -2.32. The van der Waals surface area contributed by atoms with E-state index < -0.39 is 6.10 Å². The Morgan fingerprint density at radius 2 is 1.95 bits per heavy atom. The zero-order valence-electron chi connectivity index (χ0n) is 12.3. The Morgan fingerprint density at radius 1 is 1.24 bits per heavy atom. The normalized spacial score (nSPS) is 11.7. The Hall–Kier alpha value is -2.49. The smallest absolute Gasteiger partial charge is 0.265 e. The minimum absolute atomic E-state index is 0.177. The van der Waals surface area contributed by atoms with Crippen LogP contribution in [0.1, 0.15) is 18.9 Å². The summed E-state index contributed by atoms with van der Waals surface area (Å²) in [4.78, 5) is 12.2. The average Bonchev–Trinajstić information content (AvgIpc) is 2.46. The Kier molecular flexibility index (Phi) is 4.82. The topological polar surface area (TPSA) is 64.3 Å². The predicted molar refractivity (Wildman–Crippen MR) is 85.4 cm³/mol. The van der Waals surface area contributed by atoms with Gasteiger partial charge in [0.05, 0.1) is 0 Å². The van der Waals surface area contributed by atoms with E-state index in [-0.39, 0.29) is 5.91 Å². The summed E-state index contributed by atoms with van der Waals surface area (Å²) in [6, 6.07) is 14.7. The maximum Gasteiger partial charge on any atom is 0.265 e. The fourth-order valence-electron chi connectivity index (χ4n) is 1.94. The van der Waals surface area contributed by atoms with Crippen LogP contribution in [0.25, 0.3) is 0 Å². The summed E-state index contributed by atoms with van der Waals surface area (Å²) in [5.41, 5.74) is 8.13. The van der Waals surface area contributed by atoms with Gasteiger partial charge in [-0.05, 0) is 43.7 Å². The monoisotopic (exact) mass is 284 g/mol. The van der Waals surface area contributed by atoms with Gasteiger partial charge in [0.15, 0.2) is 6.10 Å². The second-order valence-electron chi connectivity index (χ2n) is 4.94. The van der Waals surface area contributed by atoms with Gasteiger partial charge < -0.3 is 15.8 Å². The number of aryl methyl sites for hydroxylation is 1. The standard InChI is InChI=1S/C17H20N2O2/c1-3-16(21-15-9-7-12(2)8-10-15)17(20)19-14-6-4-5-13(18)11-14/h4-11,16H,3,18H2,1-2H3,(H,19,20). The summed E-state index contributed by atoms with van der Waals surface area (Å²) in [6.45, 7) is 3.92. The molecule has 0 aliphatic heterocycles. The van der Waals surface area contributed by atoms with Crippen LogP contribution >= 0.6 is 0 Å². The molecule has 0 saturated heterocycles. The molecule has 3 N–H and O–H groups in total. The van der Waals surface area contributed by atoms with Gasteiger partial charge in [-0.3, -0.25) is 4.79 Å². The summed E-state index contributed by atoms with van der Waals surface area (Å²) < 4.78 is 5.74. The second-order valence-corrected chi connectivity index (χ2v) is 4.94. The molecule has 4 nitrogen and oxygen atoms in total. The molecule has 0 saturated carbocycles. The van der Waals surface area contributed by atoms with Crippen LogP contribution in [0.15, 0.2) is 48.5 Å². The highest BCUT2D eigenvalue weighted by molar-refractivity contribution is 5.94. The zero-order chi connectivity index (χ0) is 15.2. The highest BCUT2D eigenvalue weighted by atomic mass is 16.5. The Balaban J connectivity index is 2.03. The molecule has 110 valence electrons. The molecule has 2 rings (SSSR count). The van der Waals surface area contributed by atoms with Gasteiger partial charge in [0.25, 0.3) is 5.91 Å². The van der Waals surface area contributed by atoms with Crippen LogP contribution in [0.3, 0.4) is 0 Å². The van der Waals surface area contributed by atoms with E-state index in [4.69, 9.17) is 10.5 Å². The Morgan fingerprint density at radius 3 is 2.57 bits per heavy atom. The molecule has 1 unspecified atom stereocenters. The van der Waals surface area contributed by atoms with Crippen molar-refractivity contribution in [3.63, 3.8) is 0 Å². The summed E-state index contributed by atoms with van der Waals surface area (Å²) in [6.07, 6.45) is 0.0521. The van der Waals surface area contributed by atoms with E-state index in [1.165, 1.54) is 0 Å². The number of ether oxygens (including phenoxy) is 1. The van der Waals surface area contributed by atoms with Crippen molar-refractivity contribution in [1.82, 2.24) is 0 Å². The van der Waals surface area contributed by atoms with Crippen molar-refractivity contribution in [3.05, 3.63) is 54.1 Å². The average molecular weight is 284 g/mol. The van der Waals surface area contributed by atoms with Crippen LogP contribution in [0.4, 0.5) is 11.4 Å². The fraction of sp³-hybridized carbons (Fsp3) is 0.235. The van der Waals surface area contributed by atoms with Crippen LogP contribution in [0.2, 0.25) is 0 Å². The van der Waals surface area contributed by atoms with Crippen LogP contribution in [-0.2, 0) is 4.79 Å². The fourth-order valence-corrected chi connectivity index (χ4v) is 1.94. The van der Waals surface area contributed by atoms with E-state index in [2.05, 4.69) is 5.32 Å². The number of carbonyl (C=O) groups excluding carboxylic acids is 1. The van der Waals surface area contributed by atoms with Crippen LogP contribution < -0.4 is 15.8 Å². The largest absolute Gasteiger partial charge is 0.481 e. The summed E-state index contributed by atoms with van der Waals surface area (Å²) in [7, 11) is 0. The first-order valence-electron chi connectivity index (χ1n) is 6.98. The third-order valence-electron chi connectivity index (χ3n) is 3.12. The summed E-state index contributed by atoms with van der Waals surface area (Å²) >= 11 is 0. The van der Waals surface area contributed by atoms with E-state index in [9.17, 15) is 4.79 Å². The van der Waals surface area contributed by atoms with Gasteiger partial charge in [-0.1, -0.05) is 30.7 Å². The van der Waals surface area contributed by atoms with Gasteiger partial charge in [0, 0.05) is 11.4 Å². The molecule has 0 bridgehead atoms. The van der Waals surface area contributed by atoms with Crippen molar-refractivity contribution in [3.8, 4) is 5.75 Å². The first kappa shape index (κ1) is 14.9. The van der Waals surface area contributed by atoms with E-state index in [1.54, 1.807) is 24.3 Å². The number of hydrogen-bond donors (Lipinski definition) is 2. The van der Waals surface area contributed by atoms with E-state index in [0.717, 1.165) is 5.56 Å². The molecule has 1 atom stereocenters. The highest BCUT2D eigenvalue weighted by Crippen LogP contribution is 2.17. The van der Waals surface area contributed by atoms with Gasteiger partial charge in [-0.25, -0.2) is 0 Å². The molecule has 4 heteroatoms. The third kappa shape index (κ3) is 4.24. The lowest BCUT2D eigenvalue weighted by atomic mass is 10.2. The molecule has 0 aliphatic carbocycles. The van der Waals surface area contributed by atoms with Crippen LogP contribution in [-0.4, -0.2) is 12.0 Å². The maximum atomic E-state index is 12.2. The van der Waals surface area contributed by atoms with E-state index >= 15 is 0 Å². The van der Waals surface area contributed by atoms with Crippen molar-refractivity contribution in [2.75, 3.05) is 11.1 Å². The van der Waals surface area contributed by atoms with E-state index in [0.29, 0.717) is 23.5 Å². The molecule has 1 amide bonds. The molecule has 0 fully saturated rings. The number of amides is 1. The van der Waals surface area contributed by atoms with Crippen molar-refractivity contribution in [2.45, 2.75) is 26.4 Å². The second kappa shape index (κ2) is 6.79. The molecule has 0 spiro atoms. The minimum Gasteiger partial charge on any atom is -0.481 e. The highest BCUT2D eigenvalue weighted by Gasteiger charge is 2.18. The van der Waals surface area contributed by atoms with Crippen LogP contribution in [0.5, 0.6) is 5.75 Å². The third-order valence-corrected chi connectivity index (χ3v) is 3.12. The molecule has 0 radical (unpaired) electrons. The van der Waals surface area contributed by atoms with Gasteiger partial charge >= 0.3 is 0 Å². The molecular formula is C17H20N2O2. The SMILES string of the molecule is CCC(Oc1ccc(C)cc1)C(=O)Nc1cccc(N)c1. The van der Waals surface area contributed by atoms with Gasteiger partial charge in [0.2, 0.25) is 0 Å². The number of carbonyl (C=O) groups is 1. The predicted octanol–water partition coefficient (Wildman–Crippen LogP) is 3.37. The first-order chi connectivity index (χ1) is 10.1. The lowest BCUT2D eigenvalue weighted by Gasteiger charge is -2.17. The number of anilines is 2. The number of hydrogen-bond acceptors (Lipinski definition) is 3. The number of nitrogen functional groups attached to an aromatic ring is 1. The van der Waals surface area contributed by atoms with Gasteiger partial charge in [-0.2, -0.15) is 0 Å². The van der Waals surface area contributed by atoms with Crippen molar-refractivity contribution in [1.29, 1.82) is 0 Å². The lowest BCUT2D eigenvalue weighted by molar-refractivity contribution is -0.122. The van der Waals surface area contributed by atoms with Gasteiger partial charge in [-0.15, -0.1) is 0 Å². The van der Waals surface area contributed by atoms with Crippen molar-refractivity contribution >= 4 is 17.3 Å². The number of rotatable bonds is 5. The quantitative estimate of drug-likeness (QED) is 0.827. The molecule has 0 aliphatic rings. The number of benzene rings is 2. The molecule has 21 heavy (non-hydrogen) atoms. The number of nitrogens with one attached hydrogen (secondary N) is 1. The van der Waals surface area contributed by atoms with Crippen molar-refractivity contribution < 1.29 is 9.53 Å². The summed E-state index contributed by atoms with van der Waals surface area (Å²) in [5.74, 6) is 0.513. The number of nitrogens with two attached hydrogens (primary N) is 1. The maximum absolute atomic E-state index is 12.2. The van der Waals surface area contributed by atoms with Gasteiger partial charge in [0.1, 0.15) is 5.75 Å². The molecule has 2 aromatic carbocycles. The molecule has 2 aromatic rings. The Labute approximate surface area is 124 Å². The molecular weight excluding hydrogens is 264 g/mol. The summed E-state index contributed by atoms with van der Waals surface area (Å²) in [5, 5.41) is 2.82. The first-order valence-corrected chi connectivity index (χ1v) is 6.98. The van der Waals surface area contributed by atoms with Crippen LogP contribution in [0, 0.1) is 6.92 Å². The molecule has 0 heterocycles. The minimum atomic E-state index is -0.533. The zero-order valence-corrected chi connectivity index (χ0v) is 12.3.